The van der Waals surface area contributed by atoms with Crippen molar-refractivity contribution in [3.05, 3.63) is 90.0 Å². The zero-order valence-corrected chi connectivity index (χ0v) is 23.3. The van der Waals surface area contributed by atoms with E-state index in [2.05, 4.69) is 58.3 Å². The molecule has 0 atom stereocenters. The monoisotopic (exact) mass is 550 g/mol. The molecule has 1 aliphatic heterocycles. The number of fused-ring (bicyclic) bond motifs is 1. The molecular formula is C32H42N2O6. The average Bonchev–Trinajstić information content (AvgIpc) is 2.98. The third kappa shape index (κ3) is 10.4. The molecule has 3 aromatic rings. The maximum absolute atomic E-state index is 9.33. The average molecular weight is 551 g/mol. The van der Waals surface area contributed by atoms with Crippen molar-refractivity contribution in [1.82, 2.24) is 9.80 Å². The van der Waals surface area contributed by atoms with Crippen molar-refractivity contribution in [2.24, 2.45) is 0 Å². The molecule has 0 aliphatic carbocycles. The van der Waals surface area contributed by atoms with E-state index in [1.807, 2.05) is 30.3 Å². The molecule has 40 heavy (non-hydrogen) atoms. The van der Waals surface area contributed by atoms with Gasteiger partial charge in [0.1, 0.15) is 19.8 Å². The Morgan fingerprint density at radius 2 is 1.15 bits per heavy atom. The van der Waals surface area contributed by atoms with Crippen molar-refractivity contribution in [3.8, 4) is 17.2 Å². The van der Waals surface area contributed by atoms with Crippen LogP contribution in [0.25, 0.3) is 0 Å². The van der Waals surface area contributed by atoms with E-state index in [1.54, 1.807) is 0 Å². The molecule has 0 saturated carbocycles. The van der Waals surface area contributed by atoms with Gasteiger partial charge in [-0.2, -0.15) is 0 Å². The minimum absolute atomic E-state index is 0.0775. The van der Waals surface area contributed by atoms with Gasteiger partial charge in [-0.3, -0.25) is 9.80 Å². The summed E-state index contributed by atoms with van der Waals surface area (Å²) in [6, 6.07) is 26.5. The number of hydrogen-bond acceptors (Lipinski definition) is 8. The van der Waals surface area contributed by atoms with E-state index in [-0.39, 0.29) is 13.2 Å². The van der Waals surface area contributed by atoms with Gasteiger partial charge in [0, 0.05) is 39.3 Å². The van der Waals surface area contributed by atoms with Crippen molar-refractivity contribution in [1.29, 1.82) is 0 Å². The summed E-state index contributed by atoms with van der Waals surface area (Å²) in [6.45, 7) is 8.00. The topological polar surface area (TPSA) is 72.9 Å². The largest absolute Gasteiger partial charge is 0.488 e. The molecule has 0 radical (unpaired) electrons. The van der Waals surface area contributed by atoms with Crippen molar-refractivity contribution in [2.75, 3.05) is 79.0 Å². The molecule has 216 valence electrons. The van der Waals surface area contributed by atoms with E-state index in [4.69, 9.17) is 23.7 Å². The van der Waals surface area contributed by atoms with Gasteiger partial charge in [0.05, 0.1) is 33.0 Å². The van der Waals surface area contributed by atoms with Crippen molar-refractivity contribution in [2.45, 2.75) is 13.1 Å². The first-order valence-corrected chi connectivity index (χ1v) is 14.1. The molecule has 0 amide bonds. The first kappa shape index (κ1) is 29.8. The van der Waals surface area contributed by atoms with Crippen LogP contribution < -0.4 is 14.2 Å². The van der Waals surface area contributed by atoms with E-state index in [1.165, 1.54) is 11.1 Å². The fourth-order valence-electron chi connectivity index (χ4n) is 4.51. The van der Waals surface area contributed by atoms with Gasteiger partial charge in [-0.1, -0.05) is 66.7 Å². The fourth-order valence-corrected chi connectivity index (χ4v) is 4.51. The molecule has 3 aromatic carbocycles. The zero-order valence-electron chi connectivity index (χ0n) is 23.3. The lowest BCUT2D eigenvalue weighted by Crippen LogP contribution is -2.33. The summed E-state index contributed by atoms with van der Waals surface area (Å²) < 4.78 is 30.2. The maximum Gasteiger partial charge on any atom is 0.203 e. The minimum atomic E-state index is -0.0775. The zero-order chi connectivity index (χ0) is 27.7. The maximum atomic E-state index is 9.33. The van der Waals surface area contributed by atoms with Crippen LogP contribution in [0, 0.1) is 0 Å². The lowest BCUT2D eigenvalue weighted by Gasteiger charge is -2.25. The Hall–Kier alpha value is -3.14. The normalized spacial score (nSPS) is 17.0. The Morgan fingerprint density at radius 3 is 1.73 bits per heavy atom. The molecule has 8 heteroatoms. The number of para-hydroxylation sites is 1. The summed E-state index contributed by atoms with van der Waals surface area (Å²) in [6.07, 6.45) is 0. The summed E-state index contributed by atoms with van der Waals surface area (Å²) in [7, 11) is 0. The number of rotatable bonds is 7. The van der Waals surface area contributed by atoms with Crippen LogP contribution in [0.15, 0.2) is 78.9 Å². The number of hydrogen-bond donors (Lipinski definition) is 1. The van der Waals surface area contributed by atoms with Crippen LogP contribution in [0.3, 0.4) is 0 Å². The summed E-state index contributed by atoms with van der Waals surface area (Å²) in [5, 5.41) is 9.33. The van der Waals surface area contributed by atoms with E-state index in [9.17, 15) is 5.11 Å². The smallest absolute Gasteiger partial charge is 0.203 e. The highest BCUT2D eigenvalue weighted by Gasteiger charge is 2.16. The van der Waals surface area contributed by atoms with Gasteiger partial charge >= 0.3 is 0 Å². The lowest BCUT2D eigenvalue weighted by atomic mass is 10.2. The molecule has 1 heterocycles. The molecule has 0 aromatic heterocycles. The van der Waals surface area contributed by atoms with Gasteiger partial charge in [-0.25, -0.2) is 0 Å². The molecule has 1 N–H and O–H groups in total. The van der Waals surface area contributed by atoms with Gasteiger partial charge in [0.2, 0.25) is 5.75 Å². The molecule has 0 fully saturated rings. The standard InChI is InChI=1S/C32H42N2O6/c35-18-23-39-31-13-7-12-30-32(31)40-22-17-34(27-29-10-5-2-6-11-29)15-20-37-25-24-36-19-14-33(16-21-38-30)26-28-8-3-1-4-9-28/h1-13,35H,14-27H2. The second kappa shape index (κ2) is 17.5. The number of benzene rings is 3. The predicted molar refractivity (Wildman–Crippen MR) is 155 cm³/mol. The second-order valence-corrected chi connectivity index (χ2v) is 9.60. The van der Waals surface area contributed by atoms with Gasteiger partial charge in [-0.05, 0) is 23.3 Å². The van der Waals surface area contributed by atoms with Gasteiger partial charge < -0.3 is 28.8 Å². The van der Waals surface area contributed by atoms with E-state index >= 15 is 0 Å². The second-order valence-electron chi connectivity index (χ2n) is 9.60. The van der Waals surface area contributed by atoms with Crippen LogP contribution in [0.2, 0.25) is 0 Å². The summed E-state index contributed by atoms with van der Waals surface area (Å²) in [5.74, 6) is 1.75. The summed E-state index contributed by atoms with van der Waals surface area (Å²) in [5.41, 5.74) is 2.49. The molecule has 8 nitrogen and oxygen atoms in total. The molecule has 0 bridgehead atoms. The van der Waals surface area contributed by atoms with Gasteiger partial charge in [0.25, 0.3) is 0 Å². The first-order valence-electron chi connectivity index (χ1n) is 14.1. The summed E-state index contributed by atoms with van der Waals surface area (Å²) >= 11 is 0. The van der Waals surface area contributed by atoms with Gasteiger partial charge in [0.15, 0.2) is 11.5 Å². The number of ether oxygens (including phenoxy) is 5. The Labute approximate surface area is 238 Å². The van der Waals surface area contributed by atoms with Crippen molar-refractivity contribution in [3.63, 3.8) is 0 Å². The van der Waals surface area contributed by atoms with Crippen LogP contribution in [0.4, 0.5) is 0 Å². The fraction of sp³-hybridized carbons (Fsp3) is 0.438. The van der Waals surface area contributed by atoms with E-state index in [0.29, 0.717) is 63.4 Å². The molecule has 0 saturated heterocycles. The van der Waals surface area contributed by atoms with Crippen LogP contribution in [0.5, 0.6) is 17.2 Å². The lowest BCUT2D eigenvalue weighted by molar-refractivity contribution is 0.0269. The highest BCUT2D eigenvalue weighted by Crippen LogP contribution is 2.37. The third-order valence-electron chi connectivity index (χ3n) is 6.58. The quantitative estimate of drug-likeness (QED) is 0.476. The Bertz CT molecular complexity index is 1090. The molecule has 4 rings (SSSR count). The van der Waals surface area contributed by atoms with Crippen molar-refractivity contribution < 1.29 is 28.8 Å². The summed E-state index contributed by atoms with van der Waals surface area (Å²) in [4.78, 5) is 4.64. The highest BCUT2D eigenvalue weighted by molar-refractivity contribution is 5.51. The number of aliphatic hydroxyl groups is 1. The van der Waals surface area contributed by atoms with E-state index in [0.717, 1.165) is 32.7 Å². The molecule has 1 aliphatic rings. The Kier molecular flexibility index (Phi) is 13.1. The third-order valence-corrected chi connectivity index (χ3v) is 6.58. The first-order chi connectivity index (χ1) is 19.8. The van der Waals surface area contributed by atoms with Gasteiger partial charge in [-0.15, -0.1) is 0 Å². The van der Waals surface area contributed by atoms with Crippen LogP contribution in [0.1, 0.15) is 11.1 Å². The Morgan fingerprint density at radius 1 is 0.600 bits per heavy atom. The van der Waals surface area contributed by atoms with Crippen LogP contribution >= 0.6 is 0 Å². The Balaban J connectivity index is 1.46. The molecular weight excluding hydrogens is 508 g/mol. The minimum Gasteiger partial charge on any atom is -0.488 e. The molecule has 0 unspecified atom stereocenters. The van der Waals surface area contributed by atoms with Crippen LogP contribution in [-0.2, 0) is 22.6 Å². The van der Waals surface area contributed by atoms with Crippen LogP contribution in [-0.4, -0.2) is 93.9 Å². The number of nitrogens with zero attached hydrogens (tertiary/aromatic N) is 2. The predicted octanol–water partition coefficient (Wildman–Crippen LogP) is 3.87. The molecule has 0 spiro atoms. The SMILES string of the molecule is OCCOc1cccc2c1OCCN(Cc1ccccc1)CCOCCOCCN(Cc1ccccc1)CCO2. The number of aliphatic hydroxyl groups excluding tert-OH is 1. The highest BCUT2D eigenvalue weighted by atomic mass is 16.5. The van der Waals surface area contributed by atoms with Crippen molar-refractivity contribution >= 4 is 0 Å². The van der Waals surface area contributed by atoms with E-state index < -0.39 is 0 Å².